The van der Waals surface area contributed by atoms with Crippen LogP contribution in [0, 0.1) is 9.39 Å². The van der Waals surface area contributed by atoms with Gasteiger partial charge in [-0.15, -0.1) is 0 Å². The molecule has 1 amide bonds. The number of rotatable bonds is 2. The van der Waals surface area contributed by atoms with E-state index in [0.717, 1.165) is 24.8 Å². The van der Waals surface area contributed by atoms with Gasteiger partial charge in [-0.2, -0.15) is 0 Å². The second-order valence-corrected chi connectivity index (χ2v) is 7.84. The lowest BCUT2D eigenvalue weighted by Gasteiger charge is -2.40. The molecule has 23 heavy (non-hydrogen) atoms. The molecule has 1 saturated heterocycles. The third-order valence-corrected chi connectivity index (χ3v) is 5.89. The number of aryl methyl sites for hydroxylation is 1. The number of benzene rings is 2. The van der Waals surface area contributed by atoms with Crippen molar-refractivity contribution in [1.82, 2.24) is 5.32 Å². The molecule has 2 aromatic rings. The molecule has 0 saturated carbocycles. The summed E-state index contributed by atoms with van der Waals surface area (Å²) in [5, 5.41) is 3.17. The highest BCUT2D eigenvalue weighted by molar-refractivity contribution is 14.1. The molecule has 1 aliphatic carbocycles. The highest BCUT2D eigenvalue weighted by Gasteiger charge is 2.50. The van der Waals surface area contributed by atoms with Crippen LogP contribution in [0.2, 0.25) is 0 Å². The third kappa shape index (κ3) is 2.57. The van der Waals surface area contributed by atoms with Gasteiger partial charge in [-0.1, -0.05) is 18.2 Å². The van der Waals surface area contributed by atoms with E-state index < -0.39 is 0 Å². The van der Waals surface area contributed by atoms with Crippen LogP contribution in [0.4, 0.5) is 4.39 Å². The molecule has 2 aliphatic rings. The van der Waals surface area contributed by atoms with E-state index in [1.54, 1.807) is 0 Å². The summed E-state index contributed by atoms with van der Waals surface area (Å²) in [7, 11) is 0. The van der Waals surface area contributed by atoms with Crippen LogP contribution in [0.5, 0.6) is 0 Å². The number of fused-ring (bicyclic) bond motifs is 3. The van der Waals surface area contributed by atoms with Gasteiger partial charge in [-0.25, -0.2) is 4.39 Å². The largest absolute Gasteiger partial charge is 0.352 e. The summed E-state index contributed by atoms with van der Waals surface area (Å²) in [5.41, 5.74) is 3.52. The molecule has 1 N–H and O–H groups in total. The smallest absolute Gasteiger partial charge is 0.221 e. The Labute approximate surface area is 148 Å². The van der Waals surface area contributed by atoms with E-state index in [4.69, 9.17) is 0 Å². The standard InChI is InChI=1S/C19H17FINO/c20-14-4-1-12(2-5-14)10-19-11-18(23)22-17(19)8-3-13-9-15(21)6-7-16(13)19/h1-2,4-7,9,17H,3,8,10-11H2,(H,22,23). The Hall–Kier alpha value is -1.43. The van der Waals surface area contributed by atoms with Gasteiger partial charge in [-0.05, 0) is 82.8 Å². The Morgan fingerprint density at radius 3 is 2.78 bits per heavy atom. The van der Waals surface area contributed by atoms with E-state index in [-0.39, 0.29) is 23.2 Å². The number of carbonyl (C=O) groups is 1. The monoisotopic (exact) mass is 421 g/mol. The Bertz CT molecular complexity index is 773. The van der Waals surface area contributed by atoms with Crippen LogP contribution in [-0.2, 0) is 23.1 Å². The molecular weight excluding hydrogens is 404 g/mol. The number of carbonyl (C=O) groups excluding carboxylic acids is 1. The first-order valence-electron chi connectivity index (χ1n) is 7.89. The predicted molar refractivity (Wildman–Crippen MR) is 95.8 cm³/mol. The molecule has 0 radical (unpaired) electrons. The molecule has 2 unspecified atom stereocenters. The van der Waals surface area contributed by atoms with Crippen molar-refractivity contribution in [3.63, 3.8) is 0 Å². The van der Waals surface area contributed by atoms with Gasteiger partial charge in [-0.3, -0.25) is 4.79 Å². The van der Waals surface area contributed by atoms with Gasteiger partial charge in [0.15, 0.2) is 0 Å². The zero-order chi connectivity index (χ0) is 16.0. The quantitative estimate of drug-likeness (QED) is 0.736. The van der Waals surface area contributed by atoms with E-state index in [2.05, 4.69) is 46.1 Å². The molecule has 4 rings (SSSR count). The van der Waals surface area contributed by atoms with Crippen LogP contribution >= 0.6 is 22.6 Å². The zero-order valence-corrected chi connectivity index (χ0v) is 14.8. The average Bonchev–Trinajstić information content (AvgIpc) is 2.85. The summed E-state index contributed by atoms with van der Waals surface area (Å²) in [6, 6.07) is 13.4. The van der Waals surface area contributed by atoms with Crippen LogP contribution in [-0.4, -0.2) is 11.9 Å². The summed E-state index contributed by atoms with van der Waals surface area (Å²) in [6.45, 7) is 0. The Morgan fingerprint density at radius 2 is 2.00 bits per heavy atom. The fraction of sp³-hybridized carbons (Fsp3) is 0.316. The lowest BCUT2D eigenvalue weighted by atomic mass is 9.64. The zero-order valence-electron chi connectivity index (χ0n) is 12.6. The van der Waals surface area contributed by atoms with Crippen LogP contribution in [0.3, 0.4) is 0 Å². The maximum Gasteiger partial charge on any atom is 0.221 e. The minimum absolute atomic E-state index is 0.128. The summed E-state index contributed by atoms with van der Waals surface area (Å²) in [4.78, 5) is 12.2. The van der Waals surface area contributed by atoms with Gasteiger partial charge in [0.25, 0.3) is 0 Å². The molecule has 118 valence electrons. The maximum absolute atomic E-state index is 13.2. The fourth-order valence-electron chi connectivity index (χ4n) is 4.23. The molecule has 2 nitrogen and oxygen atoms in total. The number of hydrogen-bond acceptors (Lipinski definition) is 1. The van der Waals surface area contributed by atoms with E-state index in [0.29, 0.717) is 6.42 Å². The predicted octanol–water partition coefficient (Wildman–Crippen LogP) is 3.75. The SMILES string of the molecule is O=C1CC2(Cc3ccc(F)cc3)c3ccc(I)cc3CCC2N1. The van der Waals surface area contributed by atoms with Crippen molar-refractivity contribution in [1.29, 1.82) is 0 Å². The molecule has 2 atom stereocenters. The molecule has 0 aromatic heterocycles. The molecule has 1 aliphatic heterocycles. The highest BCUT2D eigenvalue weighted by Crippen LogP contribution is 2.46. The van der Waals surface area contributed by atoms with Crippen molar-refractivity contribution in [3.8, 4) is 0 Å². The molecule has 0 bridgehead atoms. The maximum atomic E-state index is 13.2. The lowest BCUT2D eigenvalue weighted by Crippen LogP contribution is -2.46. The first-order chi connectivity index (χ1) is 11.1. The van der Waals surface area contributed by atoms with Gasteiger partial charge in [0, 0.05) is 21.4 Å². The summed E-state index contributed by atoms with van der Waals surface area (Å²) in [5.74, 6) is -0.0921. The van der Waals surface area contributed by atoms with Gasteiger partial charge in [0.2, 0.25) is 5.91 Å². The van der Waals surface area contributed by atoms with Gasteiger partial charge >= 0.3 is 0 Å². The Kier molecular flexibility index (Phi) is 3.67. The Balaban J connectivity index is 1.81. The van der Waals surface area contributed by atoms with Crippen LogP contribution in [0.25, 0.3) is 0 Å². The molecule has 1 heterocycles. The van der Waals surface area contributed by atoms with E-state index in [1.165, 1.54) is 26.8 Å². The van der Waals surface area contributed by atoms with Crippen molar-refractivity contribution >= 4 is 28.5 Å². The minimum atomic E-state index is -0.220. The molecule has 4 heteroatoms. The average molecular weight is 421 g/mol. The Morgan fingerprint density at radius 1 is 1.22 bits per heavy atom. The van der Waals surface area contributed by atoms with Crippen molar-refractivity contribution in [2.75, 3.05) is 0 Å². The van der Waals surface area contributed by atoms with Crippen molar-refractivity contribution in [2.45, 2.75) is 37.1 Å². The first-order valence-corrected chi connectivity index (χ1v) is 8.97. The number of nitrogens with one attached hydrogen (secondary N) is 1. The molecule has 2 aromatic carbocycles. The topological polar surface area (TPSA) is 29.1 Å². The first kappa shape index (κ1) is 15.1. The lowest BCUT2D eigenvalue weighted by molar-refractivity contribution is -0.119. The minimum Gasteiger partial charge on any atom is -0.352 e. The molecule has 1 fully saturated rings. The van der Waals surface area contributed by atoms with E-state index >= 15 is 0 Å². The van der Waals surface area contributed by atoms with Gasteiger partial charge < -0.3 is 5.32 Å². The van der Waals surface area contributed by atoms with Gasteiger partial charge in [0.1, 0.15) is 5.82 Å². The normalized spacial score (nSPS) is 25.7. The van der Waals surface area contributed by atoms with Crippen LogP contribution in [0.15, 0.2) is 42.5 Å². The van der Waals surface area contributed by atoms with Crippen molar-refractivity contribution in [3.05, 3.63) is 68.5 Å². The van der Waals surface area contributed by atoms with Crippen molar-refractivity contribution < 1.29 is 9.18 Å². The van der Waals surface area contributed by atoms with E-state index in [9.17, 15) is 9.18 Å². The second kappa shape index (κ2) is 5.58. The fourth-order valence-corrected chi connectivity index (χ4v) is 4.78. The molecular formula is C19H17FINO. The third-order valence-electron chi connectivity index (χ3n) is 5.22. The highest BCUT2D eigenvalue weighted by atomic mass is 127. The number of amides is 1. The van der Waals surface area contributed by atoms with Crippen molar-refractivity contribution in [2.24, 2.45) is 0 Å². The molecule has 0 spiro atoms. The van der Waals surface area contributed by atoms with Crippen LogP contribution in [0.1, 0.15) is 29.5 Å². The van der Waals surface area contributed by atoms with Crippen LogP contribution < -0.4 is 5.32 Å². The van der Waals surface area contributed by atoms with E-state index in [1.807, 2.05) is 12.1 Å². The summed E-state index contributed by atoms with van der Waals surface area (Å²) in [6.07, 6.45) is 3.26. The number of hydrogen-bond donors (Lipinski definition) is 1. The second-order valence-electron chi connectivity index (χ2n) is 6.60. The number of halogens is 2. The summed E-state index contributed by atoms with van der Waals surface area (Å²) < 4.78 is 14.4. The van der Waals surface area contributed by atoms with Gasteiger partial charge in [0.05, 0.1) is 0 Å². The summed E-state index contributed by atoms with van der Waals surface area (Å²) >= 11 is 2.34.